The topological polar surface area (TPSA) is 153 Å². The third-order valence-corrected chi connectivity index (χ3v) is 5.33. The van der Waals surface area contributed by atoms with E-state index in [9.17, 15) is 18.0 Å². The molecule has 0 radical (unpaired) electrons. The Labute approximate surface area is 177 Å². The van der Waals surface area contributed by atoms with Gasteiger partial charge >= 0.3 is 5.97 Å². The van der Waals surface area contributed by atoms with E-state index in [0.29, 0.717) is 17.1 Å². The molecule has 1 aromatic carbocycles. The molecule has 11 nitrogen and oxygen atoms in total. The van der Waals surface area contributed by atoms with Gasteiger partial charge in [-0.15, -0.1) is 0 Å². The summed E-state index contributed by atoms with van der Waals surface area (Å²) in [6, 6.07) is 9.11. The van der Waals surface area contributed by atoms with Crippen molar-refractivity contribution in [2.75, 3.05) is 11.9 Å². The summed E-state index contributed by atoms with van der Waals surface area (Å²) in [4.78, 5) is 30.9. The summed E-state index contributed by atoms with van der Waals surface area (Å²) < 4.78 is 36.9. The van der Waals surface area contributed by atoms with Crippen molar-refractivity contribution in [2.24, 2.45) is 0 Å². The number of rotatable bonds is 9. The molecule has 1 amide bonds. The molecule has 2 aromatic heterocycles. The molecule has 31 heavy (non-hydrogen) atoms. The van der Waals surface area contributed by atoms with Crippen molar-refractivity contribution in [1.29, 1.82) is 0 Å². The summed E-state index contributed by atoms with van der Waals surface area (Å²) in [6.07, 6.45) is 2.99. The molecule has 0 atom stereocenters. The maximum atomic E-state index is 12.3. The minimum Gasteiger partial charge on any atom is -0.456 e. The summed E-state index contributed by atoms with van der Waals surface area (Å²) in [5, 5.41) is 6.33. The number of nitrogens with zero attached hydrogens (tertiary/aromatic N) is 3. The van der Waals surface area contributed by atoms with Gasteiger partial charge in [-0.25, -0.2) is 13.1 Å². The van der Waals surface area contributed by atoms with E-state index in [1.165, 1.54) is 31.2 Å². The summed E-state index contributed by atoms with van der Waals surface area (Å²) in [5.74, 6) is -0.477. The maximum absolute atomic E-state index is 12.3. The minimum absolute atomic E-state index is 0.00348. The number of benzene rings is 1. The van der Waals surface area contributed by atoms with E-state index in [2.05, 4.69) is 25.2 Å². The van der Waals surface area contributed by atoms with Gasteiger partial charge in [0.15, 0.2) is 6.61 Å². The highest BCUT2D eigenvalue weighted by Crippen LogP contribution is 2.15. The van der Waals surface area contributed by atoms with Crippen LogP contribution in [0.1, 0.15) is 19.2 Å². The average molecular weight is 445 g/mol. The fourth-order valence-corrected chi connectivity index (χ4v) is 3.46. The SMILES string of the molecule is CC(=O)Nc1ccc(S(=O)(=O)NCCC(=O)OCc2nc(-c3cccnc3)no2)cc1. The normalized spacial score (nSPS) is 11.1. The van der Waals surface area contributed by atoms with Crippen LogP contribution < -0.4 is 10.0 Å². The molecule has 0 aliphatic rings. The molecule has 0 fully saturated rings. The second-order valence-corrected chi connectivity index (χ2v) is 8.03. The van der Waals surface area contributed by atoms with Gasteiger partial charge in [-0.3, -0.25) is 14.6 Å². The van der Waals surface area contributed by atoms with Crippen LogP contribution in [-0.2, 0) is 31.0 Å². The number of pyridine rings is 1. The molecular weight excluding hydrogens is 426 g/mol. The van der Waals surface area contributed by atoms with Crippen LogP contribution in [0.3, 0.4) is 0 Å². The molecule has 0 saturated carbocycles. The number of sulfonamides is 1. The zero-order valence-corrected chi connectivity index (χ0v) is 17.3. The number of nitrogens with one attached hydrogen (secondary N) is 2. The van der Waals surface area contributed by atoms with Crippen LogP contribution in [0.4, 0.5) is 5.69 Å². The first-order chi connectivity index (χ1) is 14.8. The number of carbonyl (C=O) groups excluding carboxylic acids is 2. The van der Waals surface area contributed by atoms with Crippen molar-refractivity contribution in [2.45, 2.75) is 24.8 Å². The molecule has 3 aromatic rings. The smallest absolute Gasteiger partial charge is 0.307 e. The molecule has 3 rings (SSSR count). The Morgan fingerprint density at radius 1 is 1.16 bits per heavy atom. The van der Waals surface area contributed by atoms with Gasteiger partial charge < -0.3 is 14.6 Å². The molecule has 0 aliphatic heterocycles. The van der Waals surface area contributed by atoms with Crippen molar-refractivity contribution in [3.05, 3.63) is 54.7 Å². The van der Waals surface area contributed by atoms with E-state index < -0.39 is 16.0 Å². The standard InChI is InChI=1S/C19H19N5O6S/c1-13(25)22-15-4-6-16(7-5-15)31(27,28)21-10-8-18(26)29-12-17-23-19(24-30-17)14-3-2-9-20-11-14/h2-7,9,11,21H,8,10,12H2,1H3,(H,22,25). The van der Waals surface area contributed by atoms with Crippen molar-refractivity contribution in [3.8, 4) is 11.4 Å². The summed E-state index contributed by atoms with van der Waals surface area (Å²) in [5.41, 5.74) is 1.13. The molecule has 0 spiro atoms. The Hall–Kier alpha value is -3.64. The highest BCUT2D eigenvalue weighted by atomic mass is 32.2. The molecule has 162 valence electrons. The number of aromatic nitrogens is 3. The van der Waals surface area contributed by atoms with Crippen molar-refractivity contribution >= 4 is 27.6 Å². The van der Waals surface area contributed by atoms with Crippen LogP contribution >= 0.6 is 0 Å². The molecule has 2 N–H and O–H groups in total. The molecular formula is C19H19N5O6S. The first-order valence-corrected chi connectivity index (χ1v) is 10.6. The maximum Gasteiger partial charge on any atom is 0.307 e. The largest absolute Gasteiger partial charge is 0.456 e. The lowest BCUT2D eigenvalue weighted by molar-refractivity contribution is -0.145. The zero-order valence-electron chi connectivity index (χ0n) is 16.4. The van der Waals surface area contributed by atoms with Crippen LogP contribution in [0.15, 0.2) is 58.2 Å². The van der Waals surface area contributed by atoms with Gasteiger partial charge in [0.05, 0.1) is 11.3 Å². The van der Waals surface area contributed by atoms with Crippen molar-refractivity contribution in [1.82, 2.24) is 19.8 Å². The van der Waals surface area contributed by atoms with E-state index in [1.807, 2.05) is 0 Å². The van der Waals surface area contributed by atoms with Gasteiger partial charge in [-0.2, -0.15) is 4.98 Å². The Morgan fingerprint density at radius 2 is 1.94 bits per heavy atom. The first kappa shape index (κ1) is 22.1. The number of anilines is 1. The Morgan fingerprint density at radius 3 is 2.61 bits per heavy atom. The third-order valence-electron chi connectivity index (χ3n) is 3.85. The van der Waals surface area contributed by atoms with Gasteiger partial charge in [-0.05, 0) is 36.4 Å². The fourth-order valence-electron chi connectivity index (χ4n) is 2.43. The molecule has 0 unspecified atom stereocenters. The Bertz CT molecular complexity index is 1150. The van der Waals surface area contributed by atoms with Crippen molar-refractivity contribution < 1.29 is 27.3 Å². The highest BCUT2D eigenvalue weighted by molar-refractivity contribution is 7.89. The number of ether oxygens (including phenoxy) is 1. The minimum atomic E-state index is -3.81. The average Bonchev–Trinajstić information content (AvgIpc) is 3.22. The second-order valence-electron chi connectivity index (χ2n) is 6.27. The van der Waals surface area contributed by atoms with Crippen LogP contribution in [0.25, 0.3) is 11.4 Å². The zero-order chi connectivity index (χ0) is 22.3. The molecule has 0 bridgehead atoms. The third kappa shape index (κ3) is 6.42. The number of hydrogen-bond donors (Lipinski definition) is 2. The van der Waals surface area contributed by atoms with Crippen molar-refractivity contribution in [3.63, 3.8) is 0 Å². The molecule has 0 aliphatic carbocycles. The van der Waals surface area contributed by atoms with Gasteiger partial charge in [0.1, 0.15) is 0 Å². The van der Waals surface area contributed by atoms with Gasteiger partial charge in [0, 0.05) is 37.1 Å². The predicted octanol–water partition coefficient (Wildman–Crippen LogP) is 1.50. The van der Waals surface area contributed by atoms with Crippen LogP contribution in [0.2, 0.25) is 0 Å². The van der Waals surface area contributed by atoms with Gasteiger partial charge in [-0.1, -0.05) is 5.16 Å². The quantitative estimate of drug-likeness (QED) is 0.466. The van der Waals surface area contributed by atoms with Crippen LogP contribution in [0, 0.1) is 0 Å². The Balaban J connectivity index is 1.44. The molecule has 2 heterocycles. The van der Waals surface area contributed by atoms with E-state index in [0.717, 1.165) is 0 Å². The van der Waals surface area contributed by atoms with E-state index in [-0.39, 0.29) is 36.3 Å². The second kappa shape index (κ2) is 9.91. The lowest BCUT2D eigenvalue weighted by atomic mass is 10.3. The number of amides is 1. The lowest BCUT2D eigenvalue weighted by Gasteiger charge is -2.08. The molecule has 12 heteroatoms. The summed E-state index contributed by atoms with van der Waals surface area (Å²) in [6.45, 7) is 0.965. The highest BCUT2D eigenvalue weighted by Gasteiger charge is 2.15. The van der Waals surface area contributed by atoms with E-state index in [1.54, 1.807) is 24.5 Å². The predicted molar refractivity (Wildman–Crippen MR) is 108 cm³/mol. The number of hydrogen-bond acceptors (Lipinski definition) is 9. The lowest BCUT2D eigenvalue weighted by Crippen LogP contribution is -2.26. The number of esters is 1. The monoisotopic (exact) mass is 445 g/mol. The first-order valence-electron chi connectivity index (χ1n) is 9.09. The van der Waals surface area contributed by atoms with Crippen LogP contribution in [-0.4, -0.2) is 42.0 Å². The van der Waals surface area contributed by atoms with Crippen LogP contribution in [0.5, 0.6) is 0 Å². The summed E-state index contributed by atoms with van der Waals surface area (Å²) in [7, 11) is -3.81. The van der Waals surface area contributed by atoms with Gasteiger partial charge in [0.2, 0.25) is 21.8 Å². The van der Waals surface area contributed by atoms with E-state index in [4.69, 9.17) is 9.26 Å². The Kier molecular flexibility index (Phi) is 7.05. The summed E-state index contributed by atoms with van der Waals surface area (Å²) >= 11 is 0. The fraction of sp³-hybridized carbons (Fsp3) is 0.211. The van der Waals surface area contributed by atoms with E-state index >= 15 is 0 Å². The van der Waals surface area contributed by atoms with Gasteiger partial charge in [0.25, 0.3) is 5.89 Å². The molecule has 0 saturated heterocycles. The number of carbonyl (C=O) groups is 2.